The van der Waals surface area contributed by atoms with Crippen molar-refractivity contribution in [3.8, 4) is 11.4 Å². The van der Waals surface area contributed by atoms with E-state index in [0.717, 1.165) is 50.5 Å². The third kappa shape index (κ3) is 3.22. The molecule has 4 heteroatoms. The molecule has 0 fully saturated rings. The molecular formula is C28H20N4. The van der Waals surface area contributed by atoms with Crippen molar-refractivity contribution in [2.75, 3.05) is 5.32 Å². The molecule has 0 radical (unpaired) electrons. The fourth-order valence-corrected chi connectivity index (χ4v) is 4.20. The van der Waals surface area contributed by atoms with Gasteiger partial charge in [-0.25, -0.2) is 9.97 Å². The van der Waals surface area contributed by atoms with Gasteiger partial charge in [-0.15, -0.1) is 0 Å². The summed E-state index contributed by atoms with van der Waals surface area (Å²) >= 11 is 0. The number of aromatic nitrogens is 2. The largest absolute Gasteiger partial charge is 0.339 e. The predicted molar refractivity (Wildman–Crippen MR) is 130 cm³/mol. The van der Waals surface area contributed by atoms with Crippen molar-refractivity contribution in [2.24, 2.45) is 4.99 Å². The van der Waals surface area contributed by atoms with Crippen molar-refractivity contribution in [3.63, 3.8) is 0 Å². The minimum Gasteiger partial charge on any atom is -0.339 e. The van der Waals surface area contributed by atoms with Crippen LogP contribution in [0.2, 0.25) is 0 Å². The molecule has 152 valence electrons. The Hall–Kier alpha value is -4.31. The number of nitrogens with one attached hydrogen (secondary N) is 1. The normalized spacial score (nSPS) is 15.0. The SMILES string of the molecule is c1ccc(C2=NC(c3ccccc3)c3ccc4nc(-c5ccccc5)ncc4c3N2)cc1. The number of benzene rings is 4. The molecule has 0 saturated heterocycles. The monoisotopic (exact) mass is 412 g/mol. The van der Waals surface area contributed by atoms with Crippen LogP contribution in [0.3, 0.4) is 0 Å². The van der Waals surface area contributed by atoms with Gasteiger partial charge in [-0.3, -0.25) is 4.99 Å². The van der Waals surface area contributed by atoms with Crippen LogP contribution in [0.5, 0.6) is 0 Å². The highest BCUT2D eigenvalue weighted by atomic mass is 15.1. The first-order chi connectivity index (χ1) is 15.9. The molecule has 0 spiro atoms. The lowest BCUT2D eigenvalue weighted by atomic mass is 9.93. The van der Waals surface area contributed by atoms with Crippen molar-refractivity contribution in [1.29, 1.82) is 0 Å². The third-order valence-corrected chi connectivity index (χ3v) is 5.79. The van der Waals surface area contributed by atoms with E-state index in [0.29, 0.717) is 0 Å². The van der Waals surface area contributed by atoms with Crippen LogP contribution in [-0.2, 0) is 0 Å². The predicted octanol–water partition coefficient (Wildman–Crippen LogP) is 6.26. The lowest BCUT2D eigenvalue weighted by Gasteiger charge is -2.27. The van der Waals surface area contributed by atoms with Crippen LogP contribution in [0, 0.1) is 0 Å². The smallest absolute Gasteiger partial charge is 0.159 e. The maximum atomic E-state index is 5.10. The summed E-state index contributed by atoms with van der Waals surface area (Å²) in [5.41, 5.74) is 6.27. The zero-order chi connectivity index (χ0) is 21.3. The fraction of sp³-hybridized carbons (Fsp3) is 0.0357. The first kappa shape index (κ1) is 18.5. The van der Waals surface area contributed by atoms with Crippen molar-refractivity contribution >= 4 is 22.4 Å². The molecule has 1 aliphatic rings. The highest BCUT2D eigenvalue weighted by molar-refractivity contribution is 6.14. The molecule has 4 aromatic carbocycles. The Labute approximate surface area is 186 Å². The maximum Gasteiger partial charge on any atom is 0.159 e. The van der Waals surface area contributed by atoms with Gasteiger partial charge in [0.25, 0.3) is 0 Å². The molecule has 2 heterocycles. The van der Waals surface area contributed by atoms with Gasteiger partial charge in [0.2, 0.25) is 0 Å². The van der Waals surface area contributed by atoms with E-state index >= 15 is 0 Å². The molecule has 4 nitrogen and oxygen atoms in total. The van der Waals surface area contributed by atoms with Crippen molar-refractivity contribution in [2.45, 2.75) is 6.04 Å². The topological polar surface area (TPSA) is 50.2 Å². The minimum atomic E-state index is -0.0964. The number of anilines is 1. The highest BCUT2D eigenvalue weighted by Gasteiger charge is 2.25. The van der Waals surface area contributed by atoms with E-state index < -0.39 is 0 Å². The molecule has 5 aromatic rings. The quantitative estimate of drug-likeness (QED) is 0.381. The number of fused-ring (bicyclic) bond motifs is 3. The summed E-state index contributed by atoms with van der Waals surface area (Å²) in [4.78, 5) is 14.6. The average molecular weight is 412 g/mol. The summed E-state index contributed by atoms with van der Waals surface area (Å²) in [6.45, 7) is 0. The number of hydrogen-bond donors (Lipinski definition) is 1. The Morgan fingerprint density at radius 2 is 1.31 bits per heavy atom. The molecule has 6 rings (SSSR count). The van der Waals surface area contributed by atoms with Gasteiger partial charge in [-0.1, -0.05) is 97.1 Å². The van der Waals surface area contributed by atoms with Gasteiger partial charge in [0.15, 0.2) is 5.82 Å². The van der Waals surface area contributed by atoms with Crippen LogP contribution in [0.1, 0.15) is 22.7 Å². The van der Waals surface area contributed by atoms with Gasteiger partial charge in [-0.2, -0.15) is 0 Å². The number of hydrogen-bond acceptors (Lipinski definition) is 4. The van der Waals surface area contributed by atoms with Crippen LogP contribution in [0.15, 0.2) is 114 Å². The minimum absolute atomic E-state index is 0.0964. The number of rotatable bonds is 3. The van der Waals surface area contributed by atoms with E-state index in [1.807, 2.05) is 60.8 Å². The van der Waals surface area contributed by atoms with E-state index in [-0.39, 0.29) is 6.04 Å². The van der Waals surface area contributed by atoms with Gasteiger partial charge >= 0.3 is 0 Å². The molecule has 0 bridgehead atoms. The van der Waals surface area contributed by atoms with Crippen molar-refractivity contribution < 1.29 is 0 Å². The Morgan fingerprint density at radius 1 is 0.656 bits per heavy atom. The fourth-order valence-electron chi connectivity index (χ4n) is 4.20. The van der Waals surface area contributed by atoms with E-state index in [1.54, 1.807) is 0 Å². The second kappa shape index (κ2) is 7.75. The van der Waals surface area contributed by atoms with Gasteiger partial charge < -0.3 is 5.32 Å². The number of amidine groups is 1. The zero-order valence-electron chi connectivity index (χ0n) is 17.3. The van der Waals surface area contributed by atoms with Crippen LogP contribution in [0.25, 0.3) is 22.3 Å². The highest BCUT2D eigenvalue weighted by Crippen LogP contribution is 2.39. The Balaban J connectivity index is 1.53. The van der Waals surface area contributed by atoms with Gasteiger partial charge in [-0.05, 0) is 11.6 Å². The Bertz CT molecular complexity index is 1430. The van der Waals surface area contributed by atoms with Crippen molar-refractivity contribution in [3.05, 3.63) is 126 Å². The molecule has 0 saturated carbocycles. The van der Waals surface area contributed by atoms with Crippen LogP contribution in [-0.4, -0.2) is 15.8 Å². The molecule has 0 amide bonds. The van der Waals surface area contributed by atoms with E-state index in [9.17, 15) is 0 Å². The standard InChI is InChI=1S/C28H20N4/c1-4-10-19(11-5-1)25-22-16-17-24-23(18-29-27(30-24)20-12-6-2-7-13-20)26(22)32-28(31-25)21-14-8-3-9-15-21/h1-18,25H,(H,31,32). The second-order valence-electron chi connectivity index (χ2n) is 7.80. The van der Waals surface area contributed by atoms with Gasteiger partial charge in [0.05, 0.1) is 11.2 Å². The molecule has 32 heavy (non-hydrogen) atoms. The summed E-state index contributed by atoms with van der Waals surface area (Å²) in [7, 11) is 0. The first-order valence-corrected chi connectivity index (χ1v) is 10.7. The summed E-state index contributed by atoms with van der Waals surface area (Å²) in [6.07, 6.45) is 1.92. The third-order valence-electron chi connectivity index (χ3n) is 5.79. The van der Waals surface area contributed by atoms with E-state index in [2.05, 4.69) is 58.8 Å². The lowest BCUT2D eigenvalue weighted by molar-refractivity contribution is 0.865. The van der Waals surface area contributed by atoms with E-state index in [1.165, 1.54) is 0 Å². The van der Waals surface area contributed by atoms with Crippen molar-refractivity contribution in [1.82, 2.24) is 9.97 Å². The molecule has 1 aliphatic heterocycles. The van der Waals surface area contributed by atoms with Crippen LogP contribution in [0.4, 0.5) is 5.69 Å². The average Bonchev–Trinajstić information content (AvgIpc) is 2.89. The summed E-state index contributed by atoms with van der Waals surface area (Å²) < 4.78 is 0. The number of nitrogens with zero attached hydrogens (tertiary/aromatic N) is 3. The van der Waals surface area contributed by atoms with Gasteiger partial charge in [0.1, 0.15) is 11.9 Å². The summed E-state index contributed by atoms with van der Waals surface area (Å²) in [5, 5.41) is 4.58. The Morgan fingerprint density at radius 3 is 2.03 bits per heavy atom. The molecule has 0 aliphatic carbocycles. The maximum absolute atomic E-state index is 5.10. The lowest BCUT2D eigenvalue weighted by Crippen LogP contribution is -2.22. The van der Waals surface area contributed by atoms with E-state index in [4.69, 9.17) is 9.98 Å². The number of aliphatic imine (C=N–C) groups is 1. The molecule has 1 atom stereocenters. The molecule has 1 aromatic heterocycles. The van der Waals surface area contributed by atoms with Crippen LogP contribution < -0.4 is 5.32 Å². The molecular weight excluding hydrogens is 392 g/mol. The Kier molecular flexibility index (Phi) is 4.47. The summed E-state index contributed by atoms with van der Waals surface area (Å²) in [6, 6.07) is 34.8. The molecule has 1 unspecified atom stereocenters. The molecule has 1 N–H and O–H groups in total. The van der Waals surface area contributed by atoms with Crippen LogP contribution >= 0.6 is 0 Å². The van der Waals surface area contributed by atoms with Gasteiger partial charge in [0, 0.05) is 28.3 Å². The second-order valence-corrected chi connectivity index (χ2v) is 7.80. The zero-order valence-corrected chi connectivity index (χ0v) is 17.3. The summed E-state index contributed by atoms with van der Waals surface area (Å²) in [5.74, 6) is 1.58. The first-order valence-electron chi connectivity index (χ1n) is 10.7.